The first kappa shape index (κ1) is 27.0. The Morgan fingerprint density at radius 1 is 0.974 bits per heavy atom. The van der Waals surface area contributed by atoms with Gasteiger partial charge in [-0.15, -0.1) is 0 Å². The molecule has 0 spiro atoms. The second-order valence-electron chi connectivity index (χ2n) is 11.3. The van der Waals surface area contributed by atoms with Gasteiger partial charge in [-0.2, -0.15) is 0 Å². The number of aromatic nitrogens is 2. The van der Waals surface area contributed by atoms with Gasteiger partial charge in [0.25, 0.3) is 0 Å². The Bertz CT molecular complexity index is 1290. The molecule has 3 aromatic rings. The van der Waals surface area contributed by atoms with E-state index in [2.05, 4.69) is 49.9 Å². The zero-order chi connectivity index (χ0) is 26.7. The summed E-state index contributed by atoms with van der Waals surface area (Å²) in [6.45, 7) is 10.8. The van der Waals surface area contributed by atoms with Gasteiger partial charge in [0.05, 0.1) is 17.3 Å². The number of fused-ring (bicyclic) bond motifs is 1. The molecule has 1 aromatic heterocycles. The lowest BCUT2D eigenvalue weighted by Crippen LogP contribution is -2.50. The number of nitrogens with zero attached hydrogens (tertiary/aromatic N) is 5. The Balaban J connectivity index is 1.40. The van der Waals surface area contributed by atoms with E-state index in [0.717, 1.165) is 43.2 Å². The highest BCUT2D eigenvalue weighted by Crippen LogP contribution is 2.35. The minimum atomic E-state index is -0.0880. The van der Waals surface area contributed by atoms with Gasteiger partial charge in [-0.1, -0.05) is 80.5 Å². The predicted octanol–water partition coefficient (Wildman–Crippen LogP) is 7.05. The summed E-state index contributed by atoms with van der Waals surface area (Å²) in [4.78, 5) is 29.4. The molecule has 0 atom stereocenters. The van der Waals surface area contributed by atoms with Gasteiger partial charge >= 0.3 is 6.03 Å². The second kappa shape index (κ2) is 11.6. The summed E-state index contributed by atoms with van der Waals surface area (Å²) in [5, 5.41) is 1.25. The van der Waals surface area contributed by atoms with Crippen LogP contribution < -0.4 is 9.80 Å². The van der Waals surface area contributed by atoms with Gasteiger partial charge in [-0.3, -0.25) is 9.80 Å². The highest BCUT2D eigenvalue weighted by Gasteiger charge is 2.34. The summed E-state index contributed by atoms with van der Waals surface area (Å²) in [5.41, 5.74) is 4.53. The maximum atomic E-state index is 13.8. The van der Waals surface area contributed by atoms with E-state index in [0.29, 0.717) is 29.0 Å². The molecule has 38 heavy (non-hydrogen) atoms. The van der Waals surface area contributed by atoms with Crippen molar-refractivity contribution in [3.63, 3.8) is 0 Å². The van der Waals surface area contributed by atoms with Crippen LogP contribution in [-0.4, -0.2) is 47.1 Å². The average Bonchev–Trinajstić information content (AvgIpc) is 3.41. The second-order valence-corrected chi connectivity index (χ2v) is 12.7. The minimum Gasteiger partial charge on any atom is -0.302 e. The number of thioether (sulfide) groups is 1. The highest BCUT2D eigenvalue weighted by molar-refractivity contribution is 7.98. The van der Waals surface area contributed by atoms with Crippen LogP contribution in [0.3, 0.4) is 0 Å². The van der Waals surface area contributed by atoms with Crippen molar-refractivity contribution in [3.05, 3.63) is 76.4 Å². The van der Waals surface area contributed by atoms with E-state index in [1.165, 1.54) is 24.0 Å². The number of amides is 2. The molecule has 0 bridgehead atoms. The van der Waals surface area contributed by atoms with Gasteiger partial charge < -0.3 is 4.90 Å². The lowest BCUT2D eigenvalue weighted by atomic mass is 9.86. The molecule has 8 heteroatoms. The molecular formula is C30H36ClN5OS. The minimum absolute atomic E-state index is 0.0880. The van der Waals surface area contributed by atoms with Crippen molar-refractivity contribution in [2.75, 3.05) is 36.0 Å². The summed E-state index contributed by atoms with van der Waals surface area (Å²) < 4.78 is 0. The number of anilines is 2. The molecule has 5 rings (SSSR count). The molecule has 2 aliphatic heterocycles. The van der Waals surface area contributed by atoms with Crippen molar-refractivity contribution in [2.24, 2.45) is 5.41 Å². The lowest BCUT2D eigenvalue weighted by Gasteiger charge is -2.37. The summed E-state index contributed by atoms with van der Waals surface area (Å²) in [6, 6.07) is 16.0. The Labute approximate surface area is 235 Å². The van der Waals surface area contributed by atoms with Crippen molar-refractivity contribution in [1.82, 2.24) is 14.9 Å². The number of benzene rings is 2. The number of carbonyl (C=O) groups excluding carboxylic acids is 1. The molecule has 0 unspecified atom stereocenters. The summed E-state index contributed by atoms with van der Waals surface area (Å²) >= 11 is 8.13. The molecule has 2 aromatic carbocycles. The molecule has 3 heterocycles. The van der Waals surface area contributed by atoms with Crippen LogP contribution in [0.1, 0.15) is 50.3 Å². The molecule has 0 radical (unpaired) electrons. The Hall–Kier alpha value is -2.61. The number of hydrogen-bond donors (Lipinski definition) is 0. The van der Waals surface area contributed by atoms with Crippen LogP contribution in [0.5, 0.6) is 0 Å². The predicted molar refractivity (Wildman–Crippen MR) is 157 cm³/mol. The van der Waals surface area contributed by atoms with Crippen molar-refractivity contribution < 1.29 is 4.79 Å². The summed E-state index contributed by atoms with van der Waals surface area (Å²) in [7, 11) is 0. The highest BCUT2D eigenvalue weighted by atomic mass is 35.5. The van der Waals surface area contributed by atoms with E-state index < -0.39 is 0 Å². The van der Waals surface area contributed by atoms with E-state index in [4.69, 9.17) is 21.6 Å². The Kier molecular flexibility index (Phi) is 8.26. The number of hydrogen-bond acceptors (Lipinski definition) is 5. The van der Waals surface area contributed by atoms with Crippen molar-refractivity contribution in [1.29, 1.82) is 0 Å². The lowest BCUT2D eigenvalue weighted by molar-refractivity contribution is 0.248. The molecule has 1 saturated heterocycles. The van der Waals surface area contributed by atoms with Crippen LogP contribution in [0, 0.1) is 5.41 Å². The first-order valence-electron chi connectivity index (χ1n) is 13.4. The number of rotatable bonds is 8. The van der Waals surface area contributed by atoms with E-state index in [-0.39, 0.29) is 11.4 Å². The molecule has 2 amide bonds. The standard InChI is InChI=1S/C30H36ClN5OS/c1-30(2,3)18-22-10-4-5-11-23(22)21-38-28-32-19-24-20-36(26-13-7-6-12-25(26)31)29(37)35(27(24)33-28)17-16-34-14-8-9-15-34/h4-7,10-13,19H,8-9,14-18,20-21H2,1-3H3. The van der Waals surface area contributed by atoms with Crippen LogP contribution in [0.25, 0.3) is 0 Å². The fourth-order valence-electron chi connectivity index (χ4n) is 5.16. The first-order valence-corrected chi connectivity index (χ1v) is 14.8. The third-order valence-corrected chi connectivity index (χ3v) is 8.27. The van der Waals surface area contributed by atoms with Crippen LogP contribution >= 0.6 is 23.4 Å². The molecular weight excluding hydrogens is 514 g/mol. The first-order chi connectivity index (χ1) is 18.3. The Morgan fingerprint density at radius 2 is 1.68 bits per heavy atom. The van der Waals surface area contributed by atoms with E-state index in [9.17, 15) is 4.79 Å². The van der Waals surface area contributed by atoms with E-state index >= 15 is 0 Å². The molecule has 200 valence electrons. The topological polar surface area (TPSA) is 52.6 Å². The van der Waals surface area contributed by atoms with Crippen LogP contribution in [0.15, 0.2) is 59.9 Å². The molecule has 1 fully saturated rings. The smallest absolute Gasteiger partial charge is 0.302 e. The molecule has 2 aliphatic rings. The molecule has 0 aliphatic carbocycles. The van der Waals surface area contributed by atoms with Crippen molar-refractivity contribution in [3.8, 4) is 0 Å². The fourth-order valence-corrected chi connectivity index (χ4v) is 6.25. The molecule has 0 saturated carbocycles. The van der Waals surface area contributed by atoms with Crippen molar-refractivity contribution in [2.45, 2.75) is 57.5 Å². The monoisotopic (exact) mass is 549 g/mol. The number of likely N-dealkylation sites (tertiary alicyclic amines) is 1. The zero-order valence-electron chi connectivity index (χ0n) is 22.5. The zero-order valence-corrected chi connectivity index (χ0v) is 24.1. The van der Waals surface area contributed by atoms with Crippen LogP contribution in [-0.2, 0) is 18.7 Å². The van der Waals surface area contributed by atoms with Gasteiger partial charge in [0, 0.05) is 30.6 Å². The quantitative estimate of drug-likeness (QED) is 0.222. The SMILES string of the molecule is CC(C)(C)Cc1ccccc1CSc1ncc2c(n1)N(CCN1CCCC1)C(=O)N(c1ccccc1Cl)C2. The average molecular weight is 550 g/mol. The van der Waals surface area contributed by atoms with Crippen LogP contribution in [0.4, 0.5) is 16.3 Å². The van der Waals surface area contributed by atoms with Crippen LogP contribution in [0.2, 0.25) is 5.02 Å². The molecule has 6 nitrogen and oxygen atoms in total. The maximum Gasteiger partial charge on any atom is 0.330 e. The number of carbonyl (C=O) groups is 1. The van der Waals surface area contributed by atoms with E-state index in [1.54, 1.807) is 16.7 Å². The summed E-state index contributed by atoms with van der Waals surface area (Å²) in [6.07, 6.45) is 5.34. The summed E-state index contributed by atoms with van der Waals surface area (Å²) in [5.74, 6) is 1.51. The molecule has 0 N–H and O–H groups in total. The van der Waals surface area contributed by atoms with Gasteiger partial charge in [0.15, 0.2) is 5.16 Å². The number of halogens is 1. The Morgan fingerprint density at radius 3 is 2.42 bits per heavy atom. The fraction of sp³-hybridized carbons (Fsp3) is 0.433. The van der Waals surface area contributed by atoms with Gasteiger partial charge in [0.1, 0.15) is 5.82 Å². The third-order valence-electron chi connectivity index (χ3n) is 7.04. The largest absolute Gasteiger partial charge is 0.330 e. The van der Waals surface area contributed by atoms with Gasteiger partial charge in [-0.05, 0) is 61.0 Å². The number of para-hydroxylation sites is 1. The van der Waals surface area contributed by atoms with Crippen molar-refractivity contribution >= 4 is 40.9 Å². The van der Waals surface area contributed by atoms with Gasteiger partial charge in [0.2, 0.25) is 0 Å². The maximum absolute atomic E-state index is 13.8. The normalized spacial score (nSPS) is 16.3. The number of urea groups is 1. The van der Waals surface area contributed by atoms with E-state index in [1.807, 2.05) is 35.4 Å². The van der Waals surface area contributed by atoms with Gasteiger partial charge in [-0.25, -0.2) is 14.8 Å². The third kappa shape index (κ3) is 6.33.